The zero-order valence-electron chi connectivity index (χ0n) is 16.8. The highest BCUT2D eigenvalue weighted by atomic mass is 16.2. The van der Waals surface area contributed by atoms with E-state index in [4.69, 9.17) is 0 Å². The molecule has 0 spiro atoms. The number of hydrogen-bond donors (Lipinski definition) is 2. The molecule has 1 aliphatic rings. The monoisotopic (exact) mass is 399 g/mol. The summed E-state index contributed by atoms with van der Waals surface area (Å²) in [4.78, 5) is 54.4. The van der Waals surface area contributed by atoms with Gasteiger partial charge in [-0.05, 0) is 45.0 Å². The van der Waals surface area contributed by atoms with Gasteiger partial charge in [0.15, 0.2) is 0 Å². The second-order valence-corrected chi connectivity index (χ2v) is 7.33. The van der Waals surface area contributed by atoms with E-state index in [1.54, 1.807) is 49.2 Å². The number of nitrogens with one attached hydrogen (secondary N) is 2. The van der Waals surface area contributed by atoms with Crippen LogP contribution in [0.3, 0.4) is 0 Å². The number of hydrogen-bond acceptors (Lipinski definition) is 4. The second kappa shape index (κ2) is 8.34. The molecule has 2 aromatic rings. The molecule has 1 aliphatic heterocycles. The summed E-state index contributed by atoms with van der Waals surface area (Å²) in [5, 5.41) is 2.59. The van der Waals surface area contributed by atoms with Crippen LogP contribution in [0.4, 0.5) is 0 Å². The van der Waals surface area contributed by atoms with E-state index < -0.39 is 11.8 Å². The lowest BCUT2D eigenvalue weighted by molar-refractivity contribution is -0.147. The maximum Gasteiger partial charge on any atom is 0.330 e. The van der Waals surface area contributed by atoms with Crippen molar-refractivity contribution in [1.29, 1.82) is 0 Å². The molecule has 0 radical (unpaired) electrons. The van der Waals surface area contributed by atoms with Crippen molar-refractivity contribution in [3.05, 3.63) is 52.2 Å². The van der Waals surface area contributed by atoms with Crippen molar-refractivity contribution in [2.75, 3.05) is 26.2 Å². The van der Waals surface area contributed by atoms with Gasteiger partial charge in [-0.15, -0.1) is 0 Å². The molecule has 9 heteroatoms. The van der Waals surface area contributed by atoms with Crippen molar-refractivity contribution in [1.82, 2.24) is 24.7 Å². The summed E-state index contributed by atoms with van der Waals surface area (Å²) < 4.78 is 1.53. The minimum absolute atomic E-state index is 0.108. The average Bonchev–Trinajstić information content (AvgIpc) is 3.04. The van der Waals surface area contributed by atoms with Crippen LogP contribution in [-0.4, -0.2) is 69.3 Å². The molecule has 3 rings (SSSR count). The van der Waals surface area contributed by atoms with E-state index in [9.17, 15) is 19.2 Å². The molecule has 0 saturated carbocycles. The number of piperazine rings is 1. The molecular weight excluding hydrogens is 374 g/mol. The summed E-state index contributed by atoms with van der Waals surface area (Å²) in [6.07, 6.45) is 1.63. The number of carbonyl (C=O) groups excluding carboxylic acids is 3. The molecule has 0 unspecified atom stereocenters. The van der Waals surface area contributed by atoms with E-state index in [0.29, 0.717) is 37.4 Å². The van der Waals surface area contributed by atoms with Crippen LogP contribution in [0.1, 0.15) is 29.9 Å². The molecule has 1 aromatic carbocycles. The lowest BCUT2D eigenvalue weighted by Gasteiger charge is -2.34. The Labute approximate surface area is 168 Å². The normalized spacial score (nSPS) is 14.2. The minimum atomic E-state index is -0.620. The summed E-state index contributed by atoms with van der Waals surface area (Å²) in [5.41, 5.74) is 1.73. The maximum atomic E-state index is 12.8. The smallest absolute Gasteiger partial charge is 0.330 e. The van der Waals surface area contributed by atoms with E-state index >= 15 is 0 Å². The molecule has 3 amide bonds. The number of H-pyrrole nitrogens is 1. The minimum Gasteiger partial charge on any atom is -0.346 e. The van der Waals surface area contributed by atoms with Gasteiger partial charge in [0, 0.05) is 49.7 Å². The van der Waals surface area contributed by atoms with Crippen LogP contribution < -0.4 is 11.0 Å². The summed E-state index contributed by atoms with van der Waals surface area (Å²) in [6, 6.07) is 6.72. The Morgan fingerprint density at radius 1 is 1.00 bits per heavy atom. The van der Waals surface area contributed by atoms with Gasteiger partial charge < -0.3 is 20.1 Å². The first-order chi connectivity index (χ1) is 13.8. The van der Waals surface area contributed by atoms with Gasteiger partial charge in [0.1, 0.15) is 0 Å². The van der Waals surface area contributed by atoms with Crippen molar-refractivity contribution in [2.45, 2.75) is 26.8 Å². The van der Waals surface area contributed by atoms with E-state index in [-0.39, 0.29) is 17.6 Å². The largest absolute Gasteiger partial charge is 0.346 e. The van der Waals surface area contributed by atoms with Gasteiger partial charge in [0.2, 0.25) is 0 Å². The number of imidazole rings is 1. The summed E-state index contributed by atoms with van der Waals surface area (Å²) >= 11 is 0. The molecule has 2 heterocycles. The number of rotatable bonds is 3. The number of carbonyl (C=O) groups is 3. The van der Waals surface area contributed by atoms with Gasteiger partial charge in [-0.1, -0.05) is 0 Å². The summed E-state index contributed by atoms with van der Waals surface area (Å²) in [5.74, 6) is -1.33. The first-order valence-electron chi connectivity index (χ1n) is 9.54. The van der Waals surface area contributed by atoms with Crippen LogP contribution >= 0.6 is 0 Å². The zero-order chi connectivity index (χ0) is 21.1. The predicted molar refractivity (Wildman–Crippen MR) is 107 cm³/mol. The van der Waals surface area contributed by atoms with Crippen molar-refractivity contribution in [2.24, 2.45) is 0 Å². The fraction of sp³-hybridized carbons (Fsp3) is 0.400. The second-order valence-electron chi connectivity index (χ2n) is 7.33. The number of aromatic amines is 1. The van der Waals surface area contributed by atoms with Gasteiger partial charge in [0.05, 0.1) is 5.69 Å². The molecule has 154 valence electrons. The highest BCUT2D eigenvalue weighted by Gasteiger charge is 2.28. The van der Waals surface area contributed by atoms with Crippen molar-refractivity contribution >= 4 is 17.7 Å². The Morgan fingerprint density at radius 3 is 2.10 bits per heavy atom. The van der Waals surface area contributed by atoms with Gasteiger partial charge in [-0.25, -0.2) is 4.79 Å². The Kier molecular flexibility index (Phi) is 5.86. The fourth-order valence-corrected chi connectivity index (χ4v) is 3.29. The Morgan fingerprint density at radius 2 is 1.59 bits per heavy atom. The molecule has 0 bridgehead atoms. The summed E-state index contributed by atoms with van der Waals surface area (Å²) in [7, 11) is 0. The third-order valence-corrected chi connectivity index (χ3v) is 4.80. The Bertz CT molecular complexity index is 966. The number of benzene rings is 1. The van der Waals surface area contributed by atoms with Crippen molar-refractivity contribution in [3.63, 3.8) is 0 Å². The first kappa shape index (κ1) is 20.4. The maximum absolute atomic E-state index is 12.8. The van der Waals surface area contributed by atoms with Gasteiger partial charge >= 0.3 is 17.5 Å². The van der Waals surface area contributed by atoms with E-state index in [0.717, 1.165) is 5.69 Å². The van der Waals surface area contributed by atoms with Crippen LogP contribution in [0.2, 0.25) is 0 Å². The average molecular weight is 399 g/mol. The number of aryl methyl sites for hydroxylation is 1. The molecule has 2 N–H and O–H groups in total. The molecule has 1 aromatic heterocycles. The van der Waals surface area contributed by atoms with E-state index in [1.165, 1.54) is 9.47 Å². The van der Waals surface area contributed by atoms with E-state index in [1.807, 2.05) is 6.92 Å². The Hall–Kier alpha value is -3.36. The quantitative estimate of drug-likeness (QED) is 0.723. The number of amides is 3. The third-order valence-electron chi connectivity index (χ3n) is 4.80. The number of nitrogens with zero attached hydrogens (tertiary/aromatic N) is 3. The van der Waals surface area contributed by atoms with Crippen LogP contribution in [0.15, 0.2) is 35.3 Å². The van der Waals surface area contributed by atoms with Crippen LogP contribution in [-0.2, 0) is 9.59 Å². The molecule has 1 fully saturated rings. The van der Waals surface area contributed by atoms with Crippen LogP contribution in [0.5, 0.6) is 0 Å². The summed E-state index contributed by atoms with van der Waals surface area (Å²) in [6.45, 7) is 6.74. The molecule has 0 atom stereocenters. The lowest BCUT2D eigenvalue weighted by atomic mass is 10.1. The molecule has 1 saturated heterocycles. The predicted octanol–water partition coefficient (Wildman–Crippen LogP) is 0.283. The SMILES string of the molecule is Cc1c[nH]c(=O)n1-c1ccc(C(=O)N2CCN(C(=O)C(=O)NC(C)C)CC2)cc1. The molecule has 0 aliphatic carbocycles. The van der Waals surface area contributed by atoms with Crippen LogP contribution in [0.25, 0.3) is 5.69 Å². The molecule has 9 nitrogen and oxygen atoms in total. The third kappa shape index (κ3) is 4.39. The zero-order valence-corrected chi connectivity index (χ0v) is 16.8. The fourth-order valence-electron chi connectivity index (χ4n) is 3.29. The van der Waals surface area contributed by atoms with Crippen LogP contribution in [0, 0.1) is 6.92 Å². The van der Waals surface area contributed by atoms with Gasteiger partial charge in [-0.3, -0.25) is 19.0 Å². The standard InChI is InChI=1S/C20H25N5O4/c1-13(2)22-17(26)19(28)24-10-8-23(9-11-24)18(27)15-4-6-16(7-5-15)25-14(3)12-21-20(25)29/h4-7,12-13H,8-11H2,1-3H3,(H,21,29)(H,22,26). The van der Waals surface area contributed by atoms with Gasteiger partial charge in [-0.2, -0.15) is 0 Å². The topological polar surface area (TPSA) is 108 Å². The van der Waals surface area contributed by atoms with Gasteiger partial charge in [0.25, 0.3) is 5.91 Å². The van der Waals surface area contributed by atoms with E-state index in [2.05, 4.69) is 10.3 Å². The Balaban J connectivity index is 1.62. The molecular formula is C20H25N5O4. The van der Waals surface area contributed by atoms with Crippen molar-refractivity contribution < 1.29 is 14.4 Å². The number of aromatic nitrogens is 2. The highest BCUT2D eigenvalue weighted by Crippen LogP contribution is 2.13. The molecule has 29 heavy (non-hydrogen) atoms. The lowest BCUT2D eigenvalue weighted by Crippen LogP contribution is -2.54. The van der Waals surface area contributed by atoms with Crippen molar-refractivity contribution in [3.8, 4) is 5.69 Å². The first-order valence-corrected chi connectivity index (χ1v) is 9.54. The highest BCUT2D eigenvalue weighted by molar-refractivity contribution is 6.35.